The van der Waals surface area contributed by atoms with Crippen LogP contribution in [0.5, 0.6) is 0 Å². The number of halogens is 1. The molecule has 3 rings (SSSR count). The largest absolute Gasteiger partial charge is 0.459 e. The molecule has 1 fully saturated rings. The maximum atomic E-state index is 9.88. The minimum atomic E-state index is -0.193. The van der Waals surface area contributed by atoms with Crippen molar-refractivity contribution in [3.63, 3.8) is 0 Å². The lowest BCUT2D eigenvalue weighted by Gasteiger charge is -2.13. The van der Waals surface area contributed by atoms with Crippen molar-refractivity contribution in [1.29, 1.82) is 0 Å². The fourth-order valence-electron chi connectivity index (χ4n) is 2.84. The van der Waals surface area contributed by atoms with E-state index < -0.39 is 0 Å². The average Bonchev–Trinajstić information content (AvgIpc) is 2.67. The molecule has 96 valence electrons. The van der Waals surface area contributed by atoms with Gasteiger partial charge in [0.1, 0.15) is 5.76 Å². The van der Waals surface area contributed by atoms with Crippen LogP contribution in [0.4, 0.5) is 0 Å². The molecule has 0 aliphatic heterocycles. The SMILES string of the molecule is OC1CCCCC(c2cc3cccc(Cl)c3o2)C1. The second-order valence-corrected chi connectivity index (χ2v) is 5.59. The summed E-state index contributed by atoms with van der Waals surface area (Å²) in [7, 11) is 0. The monoisotopic (exact) mass is 264 g/mol. The minimum absolute atomic E-state index is 0.193. The Balaban J connectivity index is 1.95. The van der Waals surface area contributed by atoms with E-state index >= 15 is 0 Å². The van der Waals surface area contributed by atoms with Crippen LogP contribution in [0, 0.1) is 0 Å². The van der Waals surface area contributed by atoms with E-state index in [2.05, 4.69) is 6.07 Å². The van der Waals surface area contributed by atoms with Crippen LogP contribution in [0.1, 0.15) is 43.8 Å². The lowest BCUT2D eigenvalue weighted by atomic mass is 9.96. The predicted molar refractivity (Wildman–Crippen MR) is 73.1 cm³/mol. The Hall–Kier alpha value is -0.990. The van der Waals surface area contributed by atoms with Crippen molar-refractivity contribution in [2.75, 3.05) is 0 Å². The molecule has 0 bridgehead atoms. The fourth-order valence-corrected chi connectivity index (χ4v) is 3.06. The van der Waals surface area contributed by atoms with E-state index in [0.717, 1.165) is 48.8 Å². The second kappa shape index (κ2) is 4.94. The van der Waals surface area contributed by atoms with Crippen molar-refractivity contribution in [3.05, 3.63) is 35.0 Å². The van der Waals surface area contributed by atoms with Crippen LogP contribution in [-0.4, -0.2) is 11.2 Å². The Morgan fingerprint density at radius 1 is 1.22 bits per heavy atom. The van der Waals surface area contributed by atoms with E-state index in [-0.39, 0.29) is 6.10 Å². The molecule has 1 heterocycles. The lowest BCUT2D eigenvalue weighted by Crippen LogP contribution is -2.08. The number of para-hydroxylation sites is 1. The van der Waals surface area contributed by atoms with E-state index in [1.54, 1.807) is 0 Å². The number of furan rings is 1. The van der Waals surface area contributed by atoms with Crippen LogP contribution < -0.4 is 0 Å². The predicted octanol–water partition coefficient (Wildman–Crippen LogP) is 4.49. The molecule has 2 nitrogen and oxygen atoms in total. The number of aliphatic hydroxyl groups excluding tert-OH is 1. The van der Waals surface area contributed by atoms with Gasteiger partial charge in [-0.2, -0.15) is 0 Å². The molecule has 1 N–H and O–H groups in total. The van der Waals surface area contributed by atoms with Crippen LogP contribution in [0.3, 0.4) is 0 Å². The first-order valence-electron chi connectivity index (χ1n) is 6.60. The van der Waals surface area contributed by atoms with Gasteiger partial charge in [0.05, 0.1) is 11.1 Å². The highest BCUT2D eigenvalue weighted by Crippen LogP contribution is 2.36. The molecule has 1 aliphatic carbocycles. The van der Waals surface area contributed by atoms with E-state index in [1.807, 2.05) is 18.2 Å². The van der Waals surface area contributed by atoms with Gasteiger partial charge in [-0.1, -0.05) is 36.6 Å². The fraction of sp³-hybridized carbons (Fsp3) is 0.467. The van der Waals surface area contributed by atoms with Gasteiger partial charge in [0.2, 0.25) is 0 Å². The average molecular weight is 265 g/mol. The summed E-state index contributed by atoms with van der Waals surface area (Å²) >= 11 is 6.13. The van der Waals surface area contributed by atoms with Gasteiger partial charge in [-0.05, 0) is 31.4 Å². The van der Waals surface area contributed by atoms with Crippen molar-refractivity contribution >= 4 is 22.6 Å². The highest BCUT2D eigenvalue weighted by Gasteiger charge is 2.23. The molecule has 1 aromatic carbocycles. The van der Waals surface area contributed by atoms with Gasteiger partial charge in [-0.15, -0.1) is 0 Å². The third-order valence-corrected chi connectivity index (χ3v) is 4.11. The maximum absolute atomic E-state index is 9.88. The molecule has 2 aromatic rings. The molecule has 0 spiro atoms. The summed E-state index contributed by atoms with van der Waals surface area (Å²) in [6, 6.07) is 7.87. The third-order valence-electron chi connectivity index (χ3n) is 3.81. The summed E-state index contributed by atoms with van der Waals surface area (Å²) < 4.78 is 5.90. The van der Waals surface area contributed by atoms with Crippen LogP contribution in [0.25, 0.3) is 11.0 Å². The van der Waals surface area contributed by atoms with E-state index in [9.17, 15) is 5.11 Å². The number of hydrogen-bond donors (Lipinski definition) is 1. The van der Waals surface area contributed by atoms with Gasteiger partial charge in [-0.3, -0.25) is 0 Å². The minimum Gasteiger partial charge on any atom is -0.459 e. The molecule has 1 aliphatic rings. The van der Waals surface area contributed by atoms with Gasteiger partial charge >= 0.3 is 0 Å². The van der Waals surface area contributed by atoms with Crippen molar-refractivity contribution in [3.8, 4) is 0 Å². The second-order valence-electron chi connectivity index (χ2n) is 5.18. The van der Waals surface area contributed by atoms with E-state index in [4.69, 9.17) is 16.0 Å². The molecule has 1 aromatic heterocycles. The number of hydrogen-bond acceptors (Lipinski definition) is 2. The standard InChI is InChI=1S/C15H17ClO2/c16-13-7-3-5-11-9-14(18-15(11)13)10-4-1-2-6-12(17)8-10/h3,5,7,9-10,12,17H,1-2,4,6,8H2. The van der Waals surface area contributed by atoms with Crippen LogP contribution >= 0.6 is 11.6 Å². The zero-order valence-corrected chi connectivity index (χ0v) is 11.0. The summed E-state index contributed by atoms with van der Waals surface area (Å²) in [5.41, 5.74) is 0.771. The van der Waals surface area contributed by atoms with Crippen LogP contribution in [-0.2, 0) is 0 Å². The van der Waals surface area contributed by atoms with Crippen LogP contribution in [0.2, 0.25) is 5.02 Å². The topological polar surface area (TPSA) is 33.4 Å². The molecule has 3 heteroatoms. The lowest BCUT2D eigenvalue weighted by molar-refractivity contribution is 0.149. The Labute approximate surface area is 112 Å². The van der Waals surface area contributed by atoms with Gasteiger partial charge in [0.25, 0.3) is 0 Å². The molecule has 2 atom stereocenters. The van der Waals surface area contributed by atoms with Gasteiger partial charge in [-0.25, -0.2) is 0 Å². The molecule has 18 heavy (non-hydrogen) atoms. The normalized spacial score (nSPS) is 25.2. The number of fused-ring (bicyclic) bond motifs is 1. The molecule has 2 unspecified atom stereocenters. The highest BCUT2D eigenvalue weighted by molar-refractivity contribution is 6.34. The van der Waals surface area contributed by atoms with E-state index in [1.165, 1.54) is 0 Å². The highest BCUT2D eigenvalue weighted by atomic mass is 35.5. The summed E-state index contributed by atoms with van der Waals surface area (Å²) in [4.78, 5) is 0. The smallest absolute Gasteiger partial charge is 0.152 e. The van der Waals surface area contributed by atoms with E-state index in [0.29, 0.717) is 10.9 Å². The first kappa shape index (κ1) is 12.1. The molecular formula is C15H17ClO2. The molecule has 0 radical (unpaired) electrons. The summed E-state index contributed by atoms with van der Waals surface area (Å²) in [6.07, 6.45) is 4.88. The van der Waals surface area contributed by atoms with Crippen LogP contribution in [0.15, 0.2) is 28.7 Å². The van der Waals surface area contributed by atoms with Gasteiger partial charge in [0, 0.05) is 11.3 Å². The first-order chi connectivity index (χ1) is 8.74. The summed E-state index contributed by atoms with van der Waals surface area (Å²) in [5, 5.41) is 11.6. The molecule has 1 saturated carbocycles. The zero-order valence-electron chi connectivity index (χ0n) is 10.2. The zero-order chi connectivity index (χ0) is 12.5. The van der Waals surface area contributed by atoms with Crippen molar-refractivity contribution in [2.45, 2.75) is 44.1 Å². The Bertz CT molecular complexity index is 546. The quantitative estimate of drug-likeness (QED) is 0.770. The Morgan fingerprint density at radius 3 is 2.89 bits per heavy atom. The summed E-state index contributed by atoms with van der Waals surface area (Å²) in [6.45, 7) is 0. The third kappa shape index (κ3) is 2.27. The first-order valence-corrected chi connectivity index (χ1v) is 6.98. The Kier molecular flexibility index (Phi) is 3.31. The molecule has 0 amide bonds. The molecular weight excluding hydrogens is 248 g/mol. The van der Waals surface area contributed by atoms with Crippen molar-refractivity contribution in [2.24, 2.45) is 0 Å². The van der Waals surface area contributed by atoms with Gasteiger partial charge < -0.3 is 9.52 Å². The van der Waals surface area contributed by atoms with Gasteiger partial charge in [0.15, 0.2) is 5.58 Å². The Morgan fingerprint density at radius 2 is 2.06 bits per heavy atom. The number of aliphatic hydroxyl groups is 1. The molecule has 0 saturated heterocycles. The summed E-state index contributed by atoms with van der Waals surface area (Å²) in [5.74, 6) is 1.30. The number of rotatable bonds is 1. The maximum Gasteiger partial charge on any atom is 0.152 e. The van der Waals surface area contributed by atoms with Crippen molar-refractivity contribution in [1.82, 2.24) is 0 Å². The number of benzene rings is 1. The van der Waals surface area contributed by atoms with Crippen molar-refractivity contribution < 1.29 is 9.52 Å².